The van der Waals surface area contributed by atoms with Crippen LogP contribution in [0.4, 0.5) is 32.3 Å². The summed E-state index contributed by atoms with van der Waals surface area (Å²) < 4.78 is 0. The SMILES string of the molecule is O=C(NCCCCCNC(=O)Nc1cccc([N+](=O)[O-])c1)Nc1ccc([N+](=O)[O-])cc1. The number of nitrogens with zero attached hydrogens (tertiary/aromatic N) is 2. The van der Waals surface area contributed by atoms with Gasteiger partial charge in [0.1, 0.15) is 0 Å². The summed E-state index contributed by atoms with van der Waals surface area (Å²) in [7, 11) is 0. The molecule has 164 valence electrons. The van der Waals surface area contributed by atoms with E-state index < -0.39 is 21.9 Å². The van der Waals surface area contributed by atoms with E-state index in [1.165, 1.54) is 42.5 Å². The molecule has 0 aliphatic heterocycles. The van der Waals surface area contributed by atoms with Crippen LogP contribution >= 0.6 is 0 Å². The Morgan fingerprint density at radius 2 is 1.26 bits per heavy atom. The van der Waals surface area contributed by atoms with E-state index in [0.717, 1.165) is 6.42 Å². The molecule has 2 rings (SSSR count). The number of unbranched alkanes of at least 4 members (excludes halogenated alkanes) is 2. The van der Waals surface area contributed by atoms with Crippen molar-refractivity contribution in [2.24, 2.45) is 0 Å². The van der Waals surface area contributed by atoms with Gasteiger partial charge in [-0.05, 0) is 37.5 Å². The van der Waals surface area contributed by atoms with Crippen molar-refractivity contribution in [3.63, 3.8) is 0 Å². The number of nitro groups is 2. The fourth-order valence-corrected chi connectivity index (χ4v) is 2.54. The van der Waals surface area contributed by atoms with E-state index in [0.29, 0.717) is 37.3 Å². The number of anilines is 2. The molecule has 0 atom stereocenters. The summed E-state index contributed by atoms with van der Waals surface area (Å²) in [6.45, 7) is 0.842. The van der Waals surface area contributed by atoms with E-state index in [9.17, 15) is 29.8 Å². The summed E-state index contributed by atoms with van der Waals surface area (Å²) >= 11 is 0. The topological polar surface area (TPSA) is 169 Å². The summed E-state index contributed by atoms with van der Waals surface area (Å²) in [5.41, 5.74) is 0.609. The lowest BCUT2D eigenvalue weighted by atomic mass is 10.2. The number of carbonyl (C=O) groups is 2. The van der Waals surface area contributed by atoms with Crippen molar-refractivity contribution in [2.75, 3.05) is 23.7 Å². The molecule has 0 spiro atoms. The molecule has 0 fully saturated rings. The summed E-state index contributed by atoms with van der Waals surface area (Å²) in [6.07, 6.45) is 2.14. The molecule has 2 aromatic rings. The smallest absolute Gasteiger partial charge is 0.319 e. The van der Waals surface area contributed by atoms with Gasteiger partial charge in [0.25, 0.3) is 11.4 Å². The molecule has 0 saturated carbocycles. The molecule has 0 aliphatic rings. The third-order valence-corrected chi connectivity index (χ3v) is 4.08. The summed E-state index contributed by atoms with van der Waals surface area (Å²) in [6, 6.07) is 10.3. The minimum absolute atomic E-state index is 0.0571. The fraction of sp³-hybridized carbons (Fsp3) is 0.263. The van der Waals surface area contributed by atoms with Crippen LogP contribution in [0.25, 0.3) is 0 Å². The van der Waals surface area contributed by atoms with Crippen molar-refractivity contribution < 1.29 is 19.4 Å². The van der Waals surface area contributed by atoms with Gasteiger partial charge in [-0.3, -0.25) is 20.2 Å². The number of carbonyl (C=O) groups excluding carboxylic acids is 2. The number of nitrogens with one attached hydrogen (secondary N) is 4. The summed E-state index contributed by atoms with van der Waals surface area (Å²) in [4.78, 5) is 43.9. The molecular weight excluding hydrogens is 408 g/mol. The molecule has 12 heteroatoms. The first-order valence-electron chi connectivity index (χ1n) is 9.44. The maximum atomic E-state index is 11.8. The highest BCUT2D eigenvalue weighted by Crippen LogP contribution is 2.17. The largest absolute Gasteiger partial charge is 0.338 e. The van der Waals surface area contributed by atoms with E-state index in [-0.39, 0.29) is 11.4 Å². The number of hydrogen-bond donors (Lipinski definition) is 4. The third kappa shape index (κ3) is 8.35. The van der Waals surface area contributed by atoms with Crippen molar-refractivity contribution in [3.05, 3.63) is 68.8 Å². The zero-order valence-electron chi connectivity index (χ0n) is 16.5. The Labute approximate surface area is 177 Å². The molecule has 0 bridgehead atoms. The van der Waals surface area contributed by atoms with Crippen molar-refractivity contribution in [3.8, 4) is 0 Å². The zero-order valence-corrected chi connectivity index (χ0v) is 16.5. The zero-order chi connectivity index (χ0) is 22.6. The van der Waals surface area contributed by atoms with Gasteiger partial charge in [-0.25, -0.2) is 9.59 Å². The quantitative estimate of drug-likeness (QED) is 0.255. The van der Waals surface area contributed by atoms with Crippen molar-refractivity contribution in [2.45, 2.75) is 19.3 Å². The van der Waals surface area contributed by atoms with Gasteiger partial charge in [-0.1, -0.05) is 6.07 Å². The molecule has 31 heavy (non-hydrogen) atoms. The van der Waals surface area contributed by atoms with Gasteiger partial charge in [-0.2, -0.15) is 0 Å². The van der Waals surface area contributed by atoms with E-state index in [1.54, 1.807) is 6.07 Å². The predicted octanol–water partition coefficient (Wildman–Crippen LogP) is 3.62. The number of hydrogen-bond acceptors (Lipinski definition) is 6. The molecule has 0 saturated heterocycles. The number of urea groups is 2. The first-order valence-corrected chi connectivity index (χ1v) is 9.44. The van der Waals surface area contributed by atoms with Gasteiger partial charge >= 0.3 is 12.1 Å². The average Bonchev–Trinajstić information content (AvgIpc) is 2.73. The van der Waals surface area contributed by atoms with E-state index in [1.807, 2.05) is 0 Å². The van der Waals surface area contributed by atoms with E-state index in [4.69, 9.17) is 0 Å². The van der Waals surface area contributed by atoms with Crippen LogP contribution in [0.15, 0.2) is 48.5 Å². The maximum absolute atomic E-state index is 11.8. The van der Waals surface area contributed by atoms with Gasteiger partial charge in [0.2, 0.25) is 0 Å². The Morgan fingerprint density at radius 1 is 0.710 bits per heavy atom. The standard InChI is InChI=1S/C19H22N6O6/c26-18(22-14-7-9-16(10-8-14)24(28)29)20-11-2-1-3-12-21-19(27)23-15-5-4-6-17(13-15)25(30)31/h4-10,13H,1-3,11-12H2,(H2,20,22,26)(H2,21,23,27). The number of benzene rings is 2. The molecule has 4 N–H and O–H groups in total. The van der Waals surface area contributed by atoms with Crippen LogP contribution in [-0.4, -0.2) is 35.0 Å². The lowest BCUT2D eigenvalue weighted by Crippen LogP contribution is -2.30. The lowest BCUT2D eigenvalue weighted by molar-refractivity contribution is -0.385. The Balaban J connectivity index is 1.55. The molecule has 0 heterocycles. The minimum Gasteiger partial charge on any atom is -0.338 e. The minimum atomic E-state index is -0.538. The van der Waals surface area contributed by atoms with Crippen molar-refractivity contribution in [1.82, 2.24) is 10.6 Å². The van der Waals surface area contributed by atoms with Crippen molar-refractivity contribution in [1.29, 1.82) is 0 Å². The average molecular weight is 430 g/mol. The van der Waals surface area contributed by atoms with E-state index >= 15 is 0 Å². The first kappa shape index (κ1) is 23.1. The highest BCUT2D eigenvalue weighted by molar-refractivity contribution is 5.90. The molecule has 0 aliphatic carbocycles. The van der Waals surface area contributed by atoms with Crippen LogP contribution in [-0.2, 0) is 0 Å². The summed E-state index contributed by atoms with van der Waals surface area (Å²) in [5.74, 6) is 0. The van der Waals surface area contributed by atoms with Gasteiger partial charge in [0.15, 0.2) is 0 Å². The second-order valence-electron chi connectivity index (χ2n) is 6.43. The van der Waals surface area contributed by atoms with Crippen LogP contribution in [0.1, 0.15) is 19.3 Å². The number of amides is 4. The van der Waals surface area contributed by atoms with Gasteiger partial charge < -0.3 is 21.3 Å². The first-order chi connectivity index (χ1) is 14.8. The Bertz CT molecular complexity index is 934. The Hall–Kier alpha value is -4.22. The number of non-ortho nitro benzene ring substituents is 2. The van der Waals surface area contributed by atoms with Crippen LogP contribution in [0.5, 0.6) is 0 Å². The highest BCUT2D eigenvalue weighted by atomic mass is 16.6. The maximum Gasteiger partial charge on any atom is 0.319 e. The molecule has 12 nitrogen and oxygen atoms in total. The number of rotatable bonds is 10. The molecule has 2 aromatic carbocycles. The van der Waals surface area contributed by atoms with Crippen LogP contribution in [0.2, 0.25) is 0 Å². The Morgan fingerprint density at radius 3 is 1.81 bits per heavy atom. The molecule has 0 radical (unpaired) electrons. The third-order valence-electron chi connectivity index (χ3n) is 4.08. The highest BCUT2D eigenvalue weighted by Gasteiger charge is 2.08. The van der Waals surface area contributed by atoms with Gasteiger partial charge in [0, 0.05) is 48.7 Å². The monoisotopic (exact) mass is 430 g/mol. The van der Waals surface area contributed by atoms with Crippen molar-refractivity contribution >= 4 is 34.8 Å². The van der Waals surface area contributed by atoms with Gasteiger partial charge in [-0.15, -0.1) is 0 Å². The number of nitro benzene ring substituents is 2. The fourth-order valence-electron chi connectivity index (χ4n) is 2.54. The molecule has 0 aromatic heterocycles. The molecular formula is C19H22N6O6. The van der Waals surface area contributed by atoms with Crippen LogP contribution in [0.3, 0.4) is 0 Å². The van der Waals surface area contributed by atoms with Crippen LogP contribution in [0, 0.1) is 20.2 Å². The van der Waals surface area contributed by atoms with Crippen LogP contribution < -0.4 is 21.3 Å². The Kier molecular flexibility index (Phi) is 8.71. The second kappa shape index (κ2) is 11.7. The second-order valence-corrected chi connectivity index (χ2v) is 6.43. The lowest BCUT2D eigenvalue weighted by Gasteiger charge is -2.09. The summed E-state index contributed by atoms with van der Waals surface area (Å²) in [5, 5.41) is 31.8. The predicted molar refractivity (Wildman–Crippen MR) is 114 cm³/mol. The molecule has 0 unspecified atom stereocenters. The molecule has 4 amide bonds. The van der Waals surface area contributed by atoms with E-state index in [2.05, 4.69) is 21.3 Å². The van der Waals surface area contributed by atoms with Gasteiger partial charge in [0.05, 0.1) is 9.85 Å². The normalized spacial score (nSPS) is 10.1.